The first-order valence-corrected chi connectivity index (χ1v) is 14.2. The third-order valence-corrected chi connectivity index (χ3v) is 7.75. The van der Waals surface area contributed by atoms with Gasteiger partial charge in [-0.1, -0.05) is 12.1 Å². The summed E-state index contributed by atoms with van der Waals surface area (Å²) in [5.74, 6) is -0.368. The topological polar surface area (TPSA) is 123 Å². The molecule has 0 atom stereocenters. The van der Waals surface area contributed by atoms with Crippen molar-refractivity contribution in [2.75, 3.05) is 49.8 Å². The number of thiazole rings is 1. The number of anilines is 2. The number of carbonyl (C=O) groups excluding carboxylic acids is 2. The van der Waals surface area contributed by atoms with Gasteiger partial charge in [-0.2, -0.15) is 0 Å². The molecule has 1 aliphatic heterocycles. The van der Waals surface area contributed by atoms with Crippen LogP contribution in [0.3, 0.4) is 0 Å². The first-order chi connectivity index (χ1) is 17.2. The van der Waals surface area contributed by atoms with Crippen molar-refractivity contribution in [2.24, 2.45) is 5.92 Å². The average molecular weight is 532 g/mol. The summed E-state index contributed by atoms with van der Waals surface area (Å²) in [7, 11) is -1.73. The Morgan fingerprint density at radius 3 is 2.69 bits per heavy atom. The van der Waals surface area contributed by atoms with Crippen LogP contribution in [0.15, 0.2) is 48.1 Å². The van der Waals surface area contributed by atoms with E-state index in [9.17, 15) is 18.0 Å². The van der Waals surface area contributed by atoms with Gasteiger partial charge >= 0.3 is 0 Å². The minimum atomic E-state index is -3.48. The van der Waals surface area contributed by atoms with Gasteiger partial charge in [-0.25, -0.2) is 13.4 Å². The number of amides is 2. The highest BCUT2D eigenvalue weighted by Gasteiger charge is 2.20. The van der Waals surface area contributed by atoms with E-state index >= 15 is 0 Å². The van der Waals surface area contributed by atoms with E-state index in [0.717, 1.165) is 59.7 Å². The predicted molar refractivity (Wildman–Crippen MR) is 140 cm³/mol. The molecule has 36 heavy (non-hydrogen) atoms. The van der Waals surface area contributed by atoms with Gasteiger partial charge in [0.15, 0.2) is 5.13 Å². The number of aromatic nitrogens is 2. The van der Waals surface area contributed by atoms with Crippen molar-refractivity contribution in [3.05, 3.63) is 53.7 Å². The maximum Gasteiger partial charge on any atom is 0.253 e. The molecule has 2 aromatic heterocycles. The largest absolute Gasteiger partial charge is 0.384 e. The zero-order valence-electron chi connectivity index (χ0n) is 20.1. The van der Waals surface area contributed by atoms with E-state index in [-0.39, 0.29) is 12.1 Å². The summed E-state index contributed by atoms with van der Waals surface area (Å²) in [6, 6.07) is 9.58. The predicted octanol–water partition coefficient (Wildman–Crippen LogP) is 2.65. The number of hydrogen-bond acceptors (Lipinski definition) is 8. The Morgan fingerprint density at radius 2 is 2.00 bits per heavy atom. The first-order valence-electron chi connectivity index (χ1n) is 11.5. The monoisotopic (exact) mass is 531 g/mol. The van der Waals surface area contributed by atoms with Gasteiger partial charge in [0.25, 0.3) is 5.91 Å². The molecular formula is C24H29N5O5S2. The number of benzene rings is 1. The maximum atomic E-state index is 12.3. The highest BCUT2D eigenvalue weighted by molar-refractivity contribution is 7.89. The lowest BCUT2D eigenvalue weighted by Gasteiger charge is -2.33. The van der Waals surface area contributed by atoms with Crippen LogP contribution >= 0.6 is 11.3 Å². The van der Waals surface area contributed by atoms with E-state index in [1.807, 2.05) is 17.5 Å². The van der Waals surface area contributed by atoms with Crippen molar-refractivity contribution in [3.63, 3.8) is 0 Å². The van der Waals surface area contributed by atoms with Gasteiger partial charge in [-0.15, -0.1) is 11.3 Å². The Bertz CT molecular complexity index is 1330. The maximum absolute atomic E-state index is 12.3. The van der Waals surface area contributed by atoms with Gasteiger partial charge in [0.2, 0.25) is 15.9 Å². The Hall–Kier alpha value is -3.22. The van der Waals surface area contributed by atoms with Gasteiger partial charge in [-0.3, -0.25) is 13.6 Å². The molecule has 0 spiro atoms. The summed E-state index contributed by atoms with van der Waals surface area (Å²) in [6.45, 7) is 2.51. The molecule has 1 fully saturated rings. The zero-order valence-corrected chi connectivity index (χ0v) is 21.8. The number of carbonyl (C=O) groups is 2. The number of hydrogen-bond donors (Lipinski definition) is 2. The lowest BCUT2D eigenvalue weighted by atomic mass is 9.97. The van der Waals surface area contributed by atoms with Crippen molar-refractivity contribution in [1.29, 1.82) is 0 Å². The summed E-state index contributed by atoms with van der Waals surface area (Å²) in [6.07, 6.45) is 5.72. The minimum Gasteiger partial charge on any atom is -0.384 e. The molecule has 2 amide bonds. The SMILES string of the molecule is COCC1CCN(c2cccc(-c3csc(NC(=O)CNC(=O)c4ccn(S(C)(=O)=O)c4)n3)c2)CC1. The Morgan fingerprint density at radius 1 is 1.22 bits per heavy atom. The normalized spacial score (nSPS) is 14.6. The number of rotatable bonds is 9. The summed E-state index contributed by atoms with van der Waals surface area (Å²) < 4.78 is 29.3. The Balaban J connectivity index is 1.31. The summed E-state index contributed by atoms with van der Waals surface area (Å²) in [4.78, 5) is 31.4. The molecule has 3 heterocycles. The molecule has 0 bridgehead atoms. The van der Waals surface area contributed by atoms with E-state index < -0.39 is 21.8 Å². The molecule has 1 saturated heterocycles. The Labute approximate surface area is 214 Å². The quantitative estimate of drug-likeness (QED) is 0.435. The van der Waals surface area contributed by atoms with E-state index in [0.29, 0.717) is 11.0 Å². The van der Waals surface area contributed by atoms with Crippen molar-refractivity contribution in [3.8, 4) is 11.3 Å². The molecule has 10 nitrogen and oxygen atoms in total. The number of nitrogens with zero attached hydrogens (tertiary/aromatic N) is 3. The van der Waals surface area contributed by atoms with Crippen LogP contribution in [-0.4, -0.2) is 68.8 Å². The second-order valence-corrected chi connectivity index (χ2v) is 11.4. The first kappa shape index (κ1) is 25.9. The molecule has 0 saturated carbocycles. The standard InChI is InChI=1S/C24H29N5O5S2/c1-34-15-17-6-9-28(10-7-17)20-5-3-4-18(12-20)21-16-35-24(26-21)27-22(30)13-25-23(31)19-8-11-29(14-19)36(2,32)33/h3-5,8,11-12,14,16-17H,6-7,9-10,13,15H2,1-2H3,(H,25,31)(H,26,27,30). The summed E-state index contributed by atoms with van der Waals surface area (Å²) >= 11 is 1.30. The fourth-order valence-corrected chi connectivity index (χ4v) is 5.39. The van der Waals surface area contributed by atoms with Gasteiger partial charge in [0.05, 0.1) is 24.1 Å². The molecule has 4 rings (SSSR count). The second-order valence-electron chi connectivity index (χ2n) is 8.70. The molecule has 12 heteroatoms. The number of methoxy groups -OCH3 is 1. The molecular weight excluding hydrogens is 502 g/mol. The minimum absolute atomic E-state index is 0.146. The molecule has 192 valence electrons. The van der Waals surface area contributed by atoms with Crippen LogP contribution in [-0.2, 0) is 19.6 Å². The second kappa shape index (κ2) is 11.2. The smallest absolute Gasteiger partial charge is 0.253 e. The molecule has 3 aromatic rings. The molecule has 0 unspecified atom stereocenters. The highest BCUT2D eigenvalue weighted by Crippen LogP contribution is 2.30. The van der Waals surface area contributed by atoms with Crippen LogP contribution in [0.4, 0.5) is 10.8 Å². The number of piperidine rings is 1. The highest BCUT2D eigenvalue weighted by atomic mass is 32.2. The van der Waals surface area contributed by atoms with Crippen LogP contribution in [0.2, 0.25) is 0 Å². The lowest BCUT2D eigenvalue weighted by molar-refractivity contribution is -0.115. The van der Waals surface area contributed by atoms with Crippen molar-refractivity contribution < 1.29 is 22.7 Å². The lowest BCUT2D eigenvalue weighted by Crippen LogP contribution is -2.34. The van der Waals surface area contributed by atoms with Gasteiger partial charge < -0.3 is 20.3 Å². The Kier molecular flexibility index (Phi) is 8.07. The number of ether oxygens (including phenoxy) is 1. The van der Waals surface area contributed by atoms with E-state index in [1.165, 1.54) is 29.8 Å². The fourth-order valence-electron chi connectivity index (χ4n) is 4.06. The summed E-state index contributed by atoms with van der Waals surface area (Å²) in [5.41, 5.74) is 3.02. The van der Waals surface area contributed by atoms with Crippen molar-refractivity contribution in [1.82, 2.24) is 14.3 Å². The van der Waals surface area contributed by atoms with E-state index in [2.05, 4.69) is 32.7 Å². The van der Waals surface area contributed by atoms with Gasteiger partial charge in [-0.05, 0) is 37.0 Å². The van der Waals surface area contributed by atoms with Crippen molar-refractivity contribution >= 4 is 44.0 Å². The number of nitrogens with one attached hydrogen (secondary N) is 2. The third kappa shape index (κ3) is 6.50. The molecule has 1 aromatic carbocycles. The van der Waals surface area contributed by atoms with Gasteiger partial charge in [0.1, 0.15) is 0 Å². The van der Waals surface area contributed by atoms with Crippen LogP contribution < -0.4 is 15.5 Å². The zero-order chi connectivity index (χ0) is 25.7. The molecule has 0 radical (unpaired) electrons. The van der Waals surface area contributed by atoms with Crippen LogP contribution in [0, 0.1) is 5.92 Å². The third-order valence-electron chi connectivity index (χ3n) is 6.00. The molecule has 2 N–H and O–H groups in total. The van der Waals surface area contributed by atoms with Gasteiger partial charge in [0, 0.05) is 55.8 Å². The van der Waals surface area contributed by atoms with Crippen LogP contribution in [0.5, 0.6) is 0 Å². The average Bonchev–Trinajstić information content (AvgIpc) is 3.54. The fraction of sp³-hybridized carbons (Fsp3) is 0.375. The van der Waals surface area contributed by atoms with E-state index in [1.54, 1.807) is 7.11 Å². The van der Waals surface area contributed by atoms with Crippen LogP contribution in [0.1, 0.15) is 23.2 Å². The van der Waals surface area contributed by atoms with E-state index in [4.69, 9.17) is 4.74 Å². The molecule has 0 aliphatic carbocycles. The molecule has 1 aliphatic rings. The van der Waals surface area contributed by atoms with Crippen molar-refractivity contribution in [2.45, 2.75) is 12.8 Å². The van der Waals surface area contributed by atoms with Crippen LogP contribution in [0.25, 0.3) is 11.3 Å². The summed E-state index contributed by atoms with van der Waals surface area (Å²) in [5, 5.41) is 7.48.